The number of carboxylic acid groups (broad SMARTS) is 1. The van der Waals surface area contributed by atoms with Gasteiger partial charge in [-0.25, -0.2) is 0 Å². The number of nitrogens with one attached hydrogen (secondary N) is 2. The summed E-state index contributed by atoms with van der Waals surface area (Å²) in [5.41, 5.74) is 0.359. The van der Waals surface area contributed by atoms with Crippen molar-refractivity contribution in [3.63, 3.8) is 0 Å². The van der Waals surface area contributed by atoms with Gasteiger partial charge in [0.05, 0.1) is 12.1 Å². The third-order valence-electron chi connectivity index (χ3n) is 3.07. The summed E-state index contributed by atoms with van der Waals surface area (Å²) in [5.74, 6) is -2.16. The van der Waals surface area contributed by atoms with Crippen molar-refractivity contribution in [3.8, 4) is 0 Å². The summed E-state index contributed by atoms with van der Waals surface area (Å²) >= 11 is 0. The summed E-state index contributed by atoms with van der Waals surface area (Å²) in [4.78, 5) is 38.3. The molecule has 0 spiro atoms. The van der Waals surface area contributed by atoms with Gasteiger partial charge in [-0.2, -0.15) is 0 Å². The predicted molar refractivity (Wildman–Crippen MR) is 79.3 cm³/mol. The van der Waals surface area contributed by atoms with Gasteiger partial charge in [0.25, 0.3) is 5.91 Å². The second-order valence-corrected chi connectivity index (χ2v) is 4.72. The molecule has 7 heteroatoms. The van der Waals surface area contributed by atoms with Crippen LogP contribution in [0.15, 0.2) is 36.7 Å². The van der Waals surface area contributed by atoms with Crippen molar-refractivity contribution in [2.75, 3.05) is 6.54 Å². The van der Waals surface area contributed by atoms with Crippen molar-refractivity contribution < 1.29 is 19.5 Å². The number of carbonyl (C=O) groups excluding carboxylic acids is 2. The van der Waals surface area contributed by atoms with E-state index >= 15 is 0 Å². The number of fused-ring (bicyclic) bond motifs is 1. The first-order chi connectivity index (χ1) is 10.5. The van der Waals surface area contributed by atoms with Gasteiger partial charge in [0.15, 0.2) is 0 Å². The molecular weight excluding hydrogens is 286 g/mol. The number of carbonyl (C=O) groups is 3. The fourth-order valence-corrected chi connectivity index (χ4v) is 1.91. The number of rotatable bonds is 5. The molecule has 1 heterocycles. The first-order valence-corrected chi connectivity index (χ1v) is 6.62. The van der Waals surface area contributed by atoms with Crippen molar-refractivity contribution >= 4 is 28.6 Å². The Morgan fingerprint density at radius 1 is 1.23 bits per heavy atom. The van der Waals surface area contributed by atoms with Gasteiger partial charge < -0.3 is 15.7 Å². The summed E-state index contributed by atoms with van der Waals surface area (Å²) in [7, 11) is 0. The normalized spacial score (nSPS) is 11.7. The van der Waals surface area contributed by atoms with E-state index in [0.29, 0.717) is 5.56 Å². The minimum atomic E-state index is -1.14. The Bertz CT molecular complexity index is 724. The third-order valence-corrected chi connectivity index (χ3v) is 3.07. The van der Waals surface area contributed by atoms with Crippen LogP contribution in [0.1, 0.15) is 17.3 Å². The quantitative estimate of drug-likeness (QED) is 0.747. The molecule has 7 nitrogen and oxygen atoms in total. The van der Waals surface area contributed by atoms with Crippen LogP contribution in [0.2, 0.25) is 0 Å². The smallest absolute Gasteiger partial charge is 0.325 e. The first kappa shape index (κ1) is 15.4. The van der Waals surface area contributed by atoms with E-state index in [-0.39, 0.29) is 6.54 Å². The van der Waals surface area contributed by atoms with Gasteiger partial charge in [-0.05, 0) is 12.3 Å². The van der Waals surface area contributed by atoms with E-state index in [1.54, 1.807) is 18.3 Å². The molecule has 0 fully saturated rings. The van der Waals surface area contributed by atoms with E-state index < -0.39 is 23.8 Å². The van der Waals surface area contributed by atoms with Crippen LogP contribution in [-0.4, -0.2) is 40.5 Å². The summed E-state index contributed by atoms with van der Waals surface area (Å²) < 4.78 is 0. The molecule has 0 unspecified atom stereocenters. The number of amides is 2. The maximum Gasteiger partial charge on any atom is 0.325 e. The Labute approximate surface area is 126 Å². The Hall–Kier alpha value is -2.96. The standard InChI is InChI=1S/C15H15N3O4/c1-9(15(21)22)18-13(19)8-17-14(20)12-7-16-6-10-4-2-3-5-11(10)12/h2-7,9H,8H2,1H3,(H,17,20)(H,18,19)(H,21,22)/t9-/m0/s1. The second-order valence-electron chi connectivity index (χ2n) is 4.72. The lowest BCUT2D eigenvalue weighted by atomic mass is 10.1. The van der Waals surface area contributed by atoms with Crippen LogP contribution >= 0.6 is 0 Å². The predicted octanol–water partition coefficient (Wildman–Crippen LogP) is 0.554. The molecule has 0 aliphatic carbocycles. The highest BCUT2D eigenvalue weighted by Gasteiger charge is 2.15. The molecule has 0 radical (unpaired) electrons. The molecule has 0 aliphatic heterocycles. The van der Waals surface area contributed by atoms with Gasteiger partial charge >= 0.3 is 5.97 Å². The van der Waals surface area contributed by atoms with Gasteiger partial charge in [-0.3, -0.25) is 19.4 Å². The van der Waals surface area contributed by atoms with E-state index in [1.165, 1.54) is 13.1 Å². The molecule has 0 bridgehead atoms. The lowest BCUT2D eigenvalue weighted by molar-refractivity contribution is -0.141. The maximum absolute atomic E-state index is 12.1. The average molecular weight is 301 g/mol. The van der Waals surface area contributed by atoms with Gasteiger partial charge in [-0.1, -0.05) is 24.3 Å². The largest absolute Gasteiger partial charge is 0.480 e. The number of aliphatic carboxylic acids is 1. The minimum absolute atomic E-state index is 0.306. The molecule has 22 heavy (non-hydrogen) atoms. The fraction of sp³-hybridized carbons (Fsp3) is 0.200. The van der Waals surface area contributed by atoms with Crippen molar-refractivity contribution in [2.24, 2.45) is 0 Å². The van der Waals surface area contributed by atoms with Crippen LogP contribution < -0.4 is 10.6 Å². The summed E-state index contributed by atoms with van der Waals surface area (Å²) in [6.45, 7) is 1.04. The van der Waals surface area contributed by atoms with E-state index in [1.807, 2.05) is 12.1 Å². The molecule has 1 aromatic heterocycles. The maximum atomic E-state index is 12.1. The third kappa shape index (κ3) is 3.57. The number of benzene rings is 1. The number of pyridine rings is 1. The zero-order valence-electron chi connectivity index (χ0n) is 11.9. The molecule has 0 saturated carbocycles. The summed E-state index contributed by atoms with van der Waals surface area (Å²) in [6.07, 6.45) is 3.07. The monoisotopic (exact) mass is 301 g/mol. The molecule has 1 aromatic carbocycles. The Morgan fingerprint density at radius 2 is 1.95 bits per heavy atom. The molecule has 0 saturated heterocycles. The van der Waals surface area contributed by atoms with E-state index in [9.17, 15) is 14.4 Å². The van der Waals surface area contributed by atoms with Crippen LogP contribution in [0.5, 0.6) is 0 Å². The number of hydrogen-bond donors (Lipinski definition) is 3. The molecule has 2 amide bonds. The van der Waals surface area contributed by atoms with E-state index in [0.717, 1.165) is 10.8 Å². The molecular formula is C15H15N3O4. The summed E-state index contributed by atoms with van der Waals surface area (Å²) in [5, 5.41) is 14.9. The Balaban J connectivity index is 2.03. The van der Waals surface area contributed by atoms with Crippen LogP contribution in [0, 0.1) is 0 Å². The molecule has 3 N–H and O–H groups in total. The van der Waals surface area contributed by atoms with Crippen LogP contribution in [-0.2, 0) is 9.59 Å². The Morgan fingerprint density at radius 3 is 2.68 bits per heavy atom. The van der Waals surface area contributed by atoms with Crippen LogP contribution in [0.25, 0.3) is 10.8 Å². The highest BCUT2D eigenvalue weighted by atomic mass is 16.4. The van der Waals surface area contributed by atoms with Crippen molar-refractivity contribution in [3.05, 3.63) is 42.2 Å². The summed E-state index contributed by atoms with van der Waals surface area (Å²) in [6, 6.07) is 6.26. The van der Waals surface area contributed by atoms with E-state index in [4.69, 9.17) is 5.11 Å². The lowest BCUT2D eigenvalue weighted by Gasteiger charge is -2.10. The molecule has 1 atom stereocenters. The Kier molecular flexibility index (Phi) is 4.67. The topological polar surface area (TPSA) is 108 Å². The molecule has 2 rings (SSSR count). The highest BCUT2D eigenvalue weighted by molar-refractivity contribution is 6.07. The van der Waals surface area contributed by atoms with Gasteiger partial charge in [0, 0.05) is 17.8 Å². The van der Waals surface area contributed by atoms with Crippen LogP contribution in [0.4, 0.5) is 0 Å². The second kappa shape index (κ2) is 6.66. The van der Waals surface area contributed by atoms with Crippen molar-refractivity contribution in [1.29, 1.82) is 0 Å². The number of nitrogens with zero attached hydrogens (tertiary/aromatic N) is 1. The first-order valence-electron chi connectivity index (χ1n) is 6.62. The van der Waals surface area contributed by atoms with Gasteiger partial charge in [0.1, 0.15) is 6.04 Å². The lowest BCUT2D eigenvalue weighted by Crippen LogP contribution is -2.44. The van der Waals surface area contributed by atoms with Crippen LogP contribution in [0.3, 0.4) is 0 Å². The van der Waals surface area contributed by atoms with Crippen molar-refractivity contribution in [1.82, 2.24) is 15.6 Å². The van der Waals surface area contributed by atoms with E-state index in [2.05, 4.69) is 15.6 Å². The van der Waals surface area contributed by atoms with Crippen molar-refractivity contribution in [2.45, 2.75) is 13.0 Å². The average Bonchev–Trinajstić information content (AvgIpc) is 2.51. The fourth-order valence-electron chi connectivity index (χ4n) is 1.91. The molecule has 0 aliphatic rings. The SMILES string of the molecule is C[C@H](NC(=O)CNC(=O)c1cncc2ccccc12)C(=O)O. The highest BCUT2D eigenvalue weighted by Crippen LogP contribution is 2.16. The zero-order valence-corrected chi connectivity index (χ0v) is 11.9. The molecule has 2 aromatic rings. The number of hydrogen-bond acceptors (Lipinski definition) is 4. The zero-order chi connectivity index (χ0) is 16.1. The van der Waals surface area contributed by atoms with Gasteiger partial charge in [-0.15, -0.1) is 0 Å². The molecule has 114 valence electrons. The minimum Gasteiger partial charge on any atom is -0.480 e. The number of aromatic nitrogens is 1. The number of carboxylic acids is 1. The van der Waals surface area contributed by atoms with Gasteiger partial charge in [0.2, 0.25) is 5.91 Å².